The molecule has 51 heavy (non-hydrogen) atoms. The van der Waals surface area contributed by atoms with Gasteiger partial charge in [-0.25, -0.2) is 4.98 Å². The van der Waals surface area contributed by atoms with Crippen molar-refractivity contribution in [1.82, 2.24) is 14.0 Å². The number of imidazole rings is 1. The van der Waals surface area contributed by atoms with Gasteiger partial charge in [-0.15, -0.1) is 0 Å². The summed E-state index contributed by atoms with van der Waals surface area (Å²) in [6.45, 7) is 0. The number of para-hydroxylation sites is 2. The average molecular weight is 655 g/mol. The number of pyridine rings is 1. The highest BCUT2D eigenvalue weighted by Gasteiger charge is 2.23. The highest BCUT2D eigenvalue weighted by Crippen LogP contribution is 2.39. The Morgan fingerprint density at radius 3 is 1.63 bits per heavy atom. The van der Waals surface area contributed by atoms with E-state index in [1.54, 1.807) is 4.90 Å². The molecule has 10 aromatic rings. The number of hydrogen-bond donors (Lipinski definition) is 2. The second kappa shape index (κ2) is 11.3. The molecular formula is C45H30N6. The fourth-order valence-corrected chi connectivity index (χ4v) is 7.66. The van der Waals surface area contributed by atoms with Crippen LogP contribution in [0.25, 0.3) is 65.8 Å². The summed E-state index contributed by atoms with van der Waals surface area (Å²) in [5.74, 6) is 0.472. The van der Waals surface area contributed by atoms with Crippen LogP contribution in [0.1, 0.15) is 11.1 Å². The standard InChI is InChI=1S/C45H30N6/c46-43(29-13-3-1-4-14-29)50(44(47)30-15-5-2-6-16-30)32-25-23-31(24-26-32)49-38-21-11-10-19-35(38)36-27-28-40-41(42(36)49)48-45-37-20-8-7-17-33(37)34-18-9-12-22-39(34)51(40)45/h1-28,46-47H. The minimum atomic E-state index is 0.236. The fourth-order valence-electron chi connectivity index (χ4n) is 7.66. The van der Waals surface area contributed by atoms with Crippen molar-refractivity contribution in [3.8, 4) is 5.69 Å². The molecule has 0 aliphatic rings. The van der Waals surface area contributed by atoms with E-state index in [0.29, 0.717) is 0 Å². The lowest BCUT2D eigenvalue weighted by molar-refractivity contribution is 1.18. The average Bonchev–Trinajstić information content (AvgIpc) is 3.76. The molecule has 10 rings (SSSR count). The van der Waals surface area contributed by atoms with E-state index in [-0.39, 0.29) is 11.7 Å². The molecule has 7 aromatic carbocycles. The van der Waals surface area contributed by atoms with Crippen molar-refractivity contribution in [2.75, 3.05) is 4.90 Å². The quantitative estimate of drug-likeness (QED) is 0.113. The zero-order valence-corrected chi connectivity index (χ0v) is 27.5. The maximum atomic E-state index is 9.24. The Balaban J connectivity index is 1.21. The van der Waals surface area contributed by atoms with Crippen molar-refractivity contribution in [3.63, 3.8) is 0 Å². The van der Waals surface area contributed by atoms with E-state index in [2.05, 4.69) is 106 Å². The van der Waals surface area contributed by atoms with Crippen LogP contribution >= 0.6 is 0 Å². The first-order valence-electron chi connectivity index (χ1n) is 17.0. The summed E-state index contributed by atoms with van der Waals surface area (Å²) in [6, 6.07) is 57.5. The first-order chi connectivity index (χ1) is 25.2. The predicted molar refractivity (Wildman–Crippen MR) is 211 cm³/mol. The van der Waals surface area contributed by atoms with Crippen molar-refractivity contribution < 1.29 is 0 Å². The number of aromatic nitrogens is 3. The fraction of sp³-hybridized carbons (Fsp3) is 0. The monoisotopic (exact) mass is 654 g/mol. The number of nitrogens with one attached hydrogen (secondary N) is 2. The van der Waals surface area contributed by atoms with E-state index in [1.807, 2.05) is 72.8 Å². The van der Waals surface area contributed by atoms with Gasteiger partial charge in [-0.05, 0) is 53.9 Å². The molecule has 0 fully saturated rings. The Bertz CT molecular complexity index is 2940. The van der Waals surface area contributed by atoms with Crippen LogP contribution in [-0.4, -0.2) is 25.6 Å². The Kier molecular flexibility index (Phi) is 6.38. The van der Waals surface area contributed by atoms with E-state index < -0.39 is 0 Å². The number of hydrogen-bond acceptors (Lipinski definition) is 3. The lowest BCUT2D eigenvalue weighted by Gasteiger charge is -2.26. The normalized spacial score (nSPS) is 11.7. The van der Waals surface area contributed by atoms with Crippen LogP contribution in [0, 0.1) is 10.8 Å². The van der Waals surface area contributed by atoms with E-state index in [9.17, 15) is 10.8 Å². The molecule has 0 saturated carbocycles. The molecule has 3 aromatic heterocycles. The molecule has 0 aliphatic heterocycles. The van der Waals surface area contributed by atoms with Gasteiger partial charge in [0.05, 0.1) is 22.1 Å². The third kappa shape index (κ3) is 4.33. The van der Waals surface area contributed by atoms with Crippen LogP contribution in [-0.2, 0) is 0 Å². The topological polar surface area (TPSA) is 73.2 Å². The van der Waals surface area contributed by atoms with E-state index in [0.717, 1.165) is 71.9 Å². The van der Waals surface area contributed by atoms with Gasteiger partial charge in [0.15, 0.2) is 0 Å². The number of nitrogens with zero attached hydrogens (tertiary/aromatic N) is 4. The number of amidine groups is 2. The zero-order valence-electron chi connectivity index (χ0n) is 27.5. The smallest absolute Gasteiger partial charge is 0.146 e. The van der Waals surface area contributed by atoms with E-state index >= 15 is 0 Å². The Morgan fingerprint density at radius 2 is 0.980 bits per heavy atom. The summed E-state index contributed by atoms with van der Waals surface area (Å²) < 4.78 is 4.61. The maximum Gasteiger partial charge on any atom is 0.146 e. The number of anilines is 1. The summed E-state index contributed by atoms with van der Waals surface area (Å²) in [7, 11) is 0. The molecule has 3 heterocycles. The molecule has 0 radical (unpaired) electrons. The molecule has 0 unspecified atom stereocenters. The van der Waals surface area contributed by atoms with Gasteiger partial charge in [0, 0.05) is 44.0 Å². The van der Waals surface area contributed by atoms with Crippen molar-refractivity contribution in [1.29, 1.82) is 10.8 Å². The first kappa shape index (κ1) is 28.9. The molecular weight excluding hydrogens is 625 g/mol. The number of benzene rings is 7. The number of fused-ring (bicyclic) bond motifs is 12. The summed E-state index contributed by atoms with van der Waals surface area (Å²) in [5.41, 5.74) is 9.37. The van der Waals surface area contributed by atoms with Crippen LogP contribution < -0.4 is 4.90 Å². The van der Waals surface area contributed by atoms with Gasteiger partial charge in [-0.3, -0.25) is 20.1 Å². The van der Waals surface area contributed by atoms with Gasteiger partial charge >= 0.3 is 0 Å². The Labute approximate surface area is 293 Å². The Morgan fingerprint density at radius 1 is 0.451 bits per heavy atom. The highest BCUT2D eigenvalue weighted by atomic mass is 15.2. The summed E-state index contributed by atoms with van der Waals surface area (Å²) in [6.07, 6.45) is 0. The van der Waals surface area contributed by atoms with Gasteiger partial charge in [-0.1, -0.05) is 121 Å². The van der Waals surface area contributed by atoms with Gasteiger partial charge in [0.25, 0.3) is 0 Å². The third-order valence-electron chi connectivity index (χ3n) is 9.97. The molecule has 0 amide bonds. The zero-order chi connectivity index (χ0) is 34.1. The molecule has 0 atom stereocenters. The van der Waals surface area contributed by atoms with Crippen LogP contribution in [0.2, 0.25) is 0 Å². The number of rotatable bonds is 4. The first-order valence-corrected chi connectivity index (χ1v) is 17.0. The van der Waals surface area contributed by atoms with E-state index in [4.69, 9.17) is 4.98 Å². The SMILES string of the molecule is N=C(c1ccccc1)N(C(=N)c1ccccc1)c1ccc(-n2c3ccccc3c3ccc4c(nc5c6ccccc6c6ccccc6n45)c32)cc1. The molecule has 2 N–H and O–H groups in total. The van der Waals surface area contributed by atoms with Gasteiger partial charge in [0.1, 0.15) is 22.8 Å². The molecule has 0 aliphatic carbocycles. The molecule has 0 saturated heterocycles. The van der Waals surface area contributed by atoms with Crippen LogP contribution in [0.5, 0.6) is 0 Å². The van der Waals surface area contributed by atoms with Gasteiger partial charge < -0.3 is 4.57 Å². The predicted octanol–water partition coefficient (Wildman–Crippen LogP) is 10.7. The van der Waals surface area contributed by atoms with E-state index in [1.165, 1.54) is 10.8 Å². The summed E-state index contributed by atoms with van der Waals surface area (Å²) >= 11 is 0. The lowest BCUT2D eigenvalue weighted by atomic mass is 10.1. The second-order valence-corrected chi connectivity index (χ2v) is 12.8. The molecule has 240 valence electrons. The van der Waals surface area contributed by atoms with Crippen molar-refractivity contribution in [3.05, 3.63) is 181 Å². The molecule has 6 heteroatoms. The van der Waals surface area contributed by atoms with Crippen molar-refractivity contribution >= 4 is 77.5 Å². The largest absolute Gasteiger partial charge is 0.307 e. The third-order valence-corrected chi connectivity index (χ3v) is 9.97. The second-order valence-electron chi connectivity index (χ2n) is 12.8. The Hall–Kier alpha value is -7.05. The molecule has 0 bridgehead atoms. The maximum absolute atomic E-state index is 9.24. The molecule has 6 nitrogen and oxygen atoms in total. The summed E-state index contributed by atoms with van der Waals surface area (Å²) in [4.78, 5) is 7.15. The van der Waals surface area contributed by atoms with Crippen LogP contribution in [0.3, 0.4) is 0 Å². The lowest BCUT2D eigenvalue weighted by Crippen LogP contribution is -2.37. The minimum absolute atomic E-state index is 0.236. The van der Waals surface area contributed by atoms with Crippen molar-refractivity contribution in [2.45, 2.75) is 0 Å². The minimum Gasteiger partial charge on any atom is -0.307 e. The van der Waals surface area contributed by atoms with Gasteiger partial charge in [0.2, 0.25) is 0 Å². The molecule has 0 spiro atoms. The van der Waals surface area contributed by atoms with Crippen LogP contribution in [0.4, 0.5) is 5.69 Å². The summed E-state index contributed by atoms with van der Waals surface area (Å²) in [5, 5.41) is 24.3. The van der Waals surface area contributed by atoms with Gasteiger partial charge in [-0.2, -0.15) is 0 Å². The van der Waals surface area contributed by atoms with Crippen LogP contribution in [0.15, 0.2) is 170 Å². The van der Waals surface area contributed by atoms with Crippen molar-refractivity contribution in [2.24, 2.45) is 0 Å². The highest BCUT2D eigenvalue weighted by molar-refractivity contribution is 6.27.